The van der Waals surface area contributed by atoms with Gasteiger partial charge in [-0.2, -0.15) is 0 Å². The number of rotatable bonds is 3. The molecule has 0 aliphatic carbocycles. The molecular formula is C11H11IO3. The van der Waals surface area contributed by atoms with Crippen LogP contribution in [-0.2, 0) is 4.79 Å². The van der Waals surface area contributed by atoms with Crippen LogP contribution in [0.5, 0.6) is 5.75 Å². The van der Waals surface area contributed by atoms with Gasteiger partial charge in [0.1, 0.15) is 9.00 Å². The quantitative estimate of drug-likeness (QED) is 0.377. The van der Waals surface area contributed by atoms with E-state index in [9.17, 15) is 4.79 Å². The summed E-state index contributed by atoms with van der Waals surface area (Å²) in [6.45, 7) is 3.82. The van der Waals surface area contributed by atoms with Gasteiger partial charge in [-0.1, -0.05) is 29.5 Å². The fourth-order valence-electron chi connectivity index (χ4n) is 1.19. The average molecular weight is 318 g/mol. The van der Waals surface area contributed by atoms with Crippen molar-refractivity contribution in [3.8, 4) is 5.75 Å². The summed E-state index contributed by atoms with van der Waals surface area (Å²) in [5.74, 6) is 0.295. The third-order valence-electron chi connectivity index (χ3n) is 2.44. The Morgan fingerprint density at radius 2 is 2.33 bits per heavy atom. The zero-order valence-corrected chi connectivity index (χ0v) is 10.7. The highest BCUT2D eigenvalue weighted by Crippen LogP contribution is 2.31. The van der Waals surface area contributed by atoms with Crippen molar-refractivity contribution >= 4 is 39.7 Å². The van der Waals surface area contributed by atoms with E-state index < -0.39 is 3.42 Å². The normalized spacial score (nSPS) is 15.4. The molecule has 0 amide bonds. The first-order chi connectivity index (χ1) is 7.03. The van der Waals surface area contributed by atoms with E-state index in [4.69, 9.17) is 9.15 Å². The molecule has 0 aromatic carbocycles. The van der Waals surface area contributed by atoms with Crippen LogP contribution in [0.1, 0.15) is 20.3 Å². The van der Waals surface area contributed by atoms with Crippen LogP contribution in [-0.4, -0.2) is 9.39 Å². The molecule has 0 N–H and O–H groups in total. The van der Waals surface area contributed by atoms with Gasteiger partial charge in [-0.25, -0.2) is 0 Å². The molecule has 3 nitrogen and oxygen atoms in total. The van der Waals surface area contributed by atoms with Crippen molar-refractivity contribution in [1.29, 1.82) is 0 Å². The van der Waals surface area contributed by atoms with E-state index in [-0.39, 0.29) is 5.97 Å². The molecule has 15 heavy (non-hydrogen) atoms. The summed E-state index contributed by atoms with van der Waals surface area (Å²) in [4.78, 5) is 11.8. The van der Waals surface area contributed by atoms with E-state index in [1.54, 1.807) is 12.1 Å². The summed E-state index contributed by atoms with van der Waals surface area (Å²) in [6.07, 6.45) is 0.738. The van der Waals surface area contributed by atoms with Crippen molar-refractivity contribution in [2.24, 2.45) is 0 Å². The molecule has 2 aromatic rings. The first kappa shape index (κ1) is 10.7. The van der Waals surface area contributed by atoms with Crippen LogP contribution in [0.4, 0.5) is 0 Å². The van der Waals surface area contributed by atoms with E-state index in [2.05, 4.69) is 22.6 Å². The summed E-state index contributed by atoms with van der Waals surface area (Å²) < 4.78 is 10.1. The number of esters is 1. The molecule has 0 aliphatic rings. The second-order valence-electron chi connectivity index (χ2n) is 3.65. The molecule has 2 aromatic heterocycles. The predicted molar refractivity (Wildman–Crippen MR) is 65.8 cm³/mol. The van der Waals surface area contributed by atoms with Crippen molar-refractivity contribution in [3.63, 3.8) is 0 Å². The Kier molecular flexibility index (Phi) is 2.62. The molecular weight excluding hydrogens is 307 g/mol. The highest BCUT2D eigenvalue weighted by Gasteiger charge is 2.30. The van der Waals surface area contributed by atoms with Gasteiger partial charge in [0.05, 0.1) is 0 Å². The second-order valence-corrected chi connectivity index (χ2v) is 6.03. The largest absolute Gasteiger partial charge is 0.453 e. The van der Waals surface area contributed by atoms with Gasteiger partial charge in [-0.3, -0.25) is 4.79 Å². The molecule has 1 unspecified atom stereocenters. The lowest BCUT2D eigenvalue weighted by Gasteiger charge is -2.17. The minimum Gasteiger partial charge on any atom is -0.453 e. The number of benzene rings is 1. The Balaban J connectivity index is 2.16. The van der Waals surface area contributed by atoms with Crippen molar-refractivity contribution in [3.05, 3.63) is 18.2 Å². The molecule has 0 fully saturated rings. The summed E-state index contributed by atoms with van der Waals surface area (Å²) in [6, 6.07) is 5.37. The molecule has 1 atom stereocenters. The first-order valence-corrected chi connectivity index (χ1v) is 5.84. The number of carbonyl (C=O) groups excluding carboxylic acids is 1. The maximum atomic E-state index is 11.8. The van der Waals surface area contributed by atoms with Gasteiger partial charge in [0.25, 0.3) is 0 Å². The van der Waals surface area contributed by atoms with Gasteiger partial charge in [0.2, 0.25) is 0 Å². The van der Waals surface area contributed by atoms with Crippen molar-refractivity contribution < 1.29 is 13.9 Å². The summed E-state index contributed by atoms with van der Waals surface area (Å²) >= 11 is 2.11. The number of fused-ring (bicyclic) bond motifs is 2. The van der Waals surface area contributed by atoms with E-state index in [1.807, 2.05) is 19.9 Å². The van der Waals surface area contributed by atoms with Crippen LogP contribution >= 0.6 is 22.6 Å². The molecule has 0 radical (unpaired) electrons. The number of halogens is 1. The van der Waals surface area contributed by atoms with Gasteiger partial charge < -0.3 is 9.15 Å². The van der Waals surface area contributed by atoms with Gasteiger partial charge in [-0.05, 0) is 25.5 Å². The third kappa shape index (κ3) is 1.95. The van der Waals surface area contributed by atoms with E-state index in [0.29, 0.717) is 11.3 Å². The van der Waals surface area contributed by atoms with E-state index in [0.717, 1.165) is 12.0 Å². The maximum absolute atomic E-state index is 11.8. The molecule has 2 heterocycles. The Hall–Kier alpha value is -0.780. The Labute approximate surface area is 101 Å². The smallest absolute Gasteiger partial charge is 0.327 e. The summed E-state index contributed by atoms with van der Waals surface area (Å²) in [7, 11) is 0. The highest BCUT2D eigenvalue weighted by molar-refractivity contribution is 14.1. The monoisotopic (exact) mass is 318 g/mol. The van der Waals surface area contributed by atoms with E-state index >= 15 is 0 Å². The highest BCUT2D eigenvalue weighted by atomic mass is 127. The zero-order chi connectivity index (χ0) is 11.1. The number of carbonyl (C=O) groups is 1. The number of ether oxygens (including phenoxy) is 1. The fraction of sp³-hybridized carbons (Fsp3) is 0.364. The number of hydrogen-bond acceptors (Lipinski definition) is 3. The van der Waals surface area contributed by atoms with Crippen LogP contribution in [0.15, 0.2) is 22.6 Å². The maximum Gasteiger partial charge on any atom is 0.327 e. The standard InChI is InChI=1S/C11H11IO3/c1-3-11(2,12)10(13)15-9-6-7-4-5-8(9)14-7/h4-6H,3H2,1-2H3. The van der Waals surface area contributed by atoms with Gasteiger partial charge in [0, 0.05) is 6.07 Å². The Bertz CT molecular complexity index is 472. The summed E-state index contributed by atoms with van der Waals surface area (Å²) in [5, 5.41) is 0. The topological polar surface area (TPSA) is 39.4 Å². The van der Waals surface area contributed by atoms with Crippen LogP contribution in [0, 0.1) is 0 Å². The average Bonchev–Trinajstić information content (AvgIpc) is 2.79. The number of furan rings is 2. The molecule has 0 spiro atoms. The molecule has 4 heteroatoms. The number of hydrogen-bond donors (Lipinski definition) is 0. The van der Waals surface area contributed by atoms with Crippen molar-refractivity contribution in [2.75, 3.05) is 0 Å². The second kappa shape index (κ2) is 3.66. The third-order valence-corrected chi connectivity index (χ3v) is 3.64. The fourth-order valence-corrected chi connectivity index (χ4v) is 1.30. The molecule has 0 saturated carbocycles. The Morgan fingerprint density at radius 1 is 1.60 bits per heavy atom. The van der Waals surface area contributed by atoms with Crippen LogP contribution in [0.3, 0.4) is 0 Å². The molecule has 0 saturated heterocycles. The van der Waals surface area contributed by atoms with Crippen molar-refractivity contribution in [1.82, 2.24) is 0 Å². The molecule has 80 valence electrons. The van der Waals surface area contributed by atoms with Crippen LogP contribution in [0.2, 0.25) is 0 Å². The van der Waals surface area contributed by atoms with Crippen LogP contribution in [0.25, 0.3) is 11.2 Å². The van der Waals surface area contributed by atoms with E-state index in [1.165, 1.54) is 0 Å². The molecule has 0 aliphatic heterocycles. The van der Waals surface area contributed by atoms with Crippen LogP contribution < -0.4 is 4.74 Å². The minimum atomic E-state index is -0.477. The molecule has 2 bridgehead atoms. The van der Waals surface area contributed by atoms with Gasteiger partial charge in [-0.15, -0.1) is 0 Å². The first-order valence-electron chi connectivity index (χ1n) is 4.76. The zero-order valence-electron chi connectivity index (χ0n) is 8.54. The molecule has 2 rings (SSSR count). The van der Waals surface area contributed by atoms with Gasteiger partial charge in [0.15, 0.2) is 11.3 Å². The lowest BCUT2D eigenvalue weighted by molar-refractivity contribution is -0.136. The van der Waals surface area contributed by atoms with Gasteiger partial charge >= 0.3 is 5.97 Å². The predicted octanol–water partition coefficient (Wildman–Crippen LogP) is 3.38. The summed E-state index contributed by atoms with van der Waals surface area (Å²) in [5.41, 5.74) is 1.36. The SMILES string of the molecule is CCC(C)(I)C(=O)Oc1cc2ccc1o2. The lowest BCUT2D eigenvalue weighted by atomic mass is 10.1. The van der Waals surface area contributed by atoms with Crippen molar-refractivity contribution in [2.45, 2.75) is 23.7 Å². The lowest BCUT2D eigenvalue weighted by Crippen LogP contribution is -2.31. The Morgan fingerprint density at radius 3 is 2.80 bits per heavy atom. The number of alkyl halides is 1. The minimum absolute atomic E-state index is 0.227.